The van der Waals surface area contributed by atoms with Gasteiger partial charge in [0.1, 0.15) is 12.4 Å². The van der Waals surface area contributed by atoms with Gasteiger partial charge in [0.2, 0.25) is 0 Å². The first-order chi connectivity index (χ1) is 14.2. The lowest BCUT2D eigenvalue weighted by molar-refractivity contribution is 0.0469. The van der Waals surface area contributed by atoms with Crippen molar-refractivity contribution in [2.45, 2.75) is 17.4 Å². The van der Waals surface area contributed by atoms with Crippen LogP contribution in [0.25, 0.3) is 0 Å². The SMILES string of the molecule is CS(=O)(=O)c1ccc(OC[C@@H]2CN(CCc3cccc(Cl)c3)CCN2C(=O)O)cc1. The molecule has 1 atom stereocenters. The van der Waals surface area contributed by atoms with Gasteiger partial charge in [0.25, 0.3) is 0 Å². The predicted octanol–water partition coefficient (Wildman–Crippen LogP) is 3.03. The summed E-state index contributed by atoms with van der Waals surface area (Å²) in [6.45, 7) is 2.62. The van der Waals surface area contributed by atoms with Gasteiger partial charge in [-0.05, 0) is 48.4 Å². The van der Waals surface area contributed by atoms with E-state index in [1.807, 2.05) is 24.3 Å². The molecule has 1 saturated heterocycles. The highest BCUT2D eigenvalue weighted by Gasteiger charge is 2.30. The fraction of sp³-hybridized carbons (Fsp3) is 0.381. The van der Waals surface area contributed by atoms with Gasteiger partial charge in [-0.2, -0.15) is 0 Å². The molecule has 0 radical (unpaired) electrons. The number of sulfone groups is 1. The van der Waals surface area contributed by atoms with Gasteiger partial charge in [0, 0.05) is 37.5 Å². The van der Waals surface area contributed by atoms with Crippen molar-refractivity contribution in [3.63, 3.8) is 0 Å². The lowest BCUT2D eigenvalue weighted by Crippen LogP contribution is -2.57. The molecule has 1 fully saturated rings. The quantitative estimate of drug-likeness (QED) is 0.694. The van der Waals surface area contributed by atoms with Crippen molar-refractivity contribution in [3.05, 3.63) is 59.1 Å². The van der Waals surface area contributed by atoms with Crippen LogP contribution in [0.15, 0.2) is 53.4 Å². The molecule has 0 aliphatic carbocycles. The molecule has 162 valence electrons. The van der Waals surface area contributed by atoms with Crippen LogP contribution in [0.4, 0.5) is 4.79 Å². The molecule has 0 saturated carbocycles. The van der Waals surface area contributed by atoms with Crippen LogP contribution in [0.1, 0.15) is 5.56 Å². The summed E-state index contributed by atoms with van der Waals surface area (Å²) in [5.41, 5.74) is 1.14. The average molecular weight is 453 g/mol. The normalized spacial score (nSPS) is 17.7. The first-order valence-electron chi connectivity index (χ1n) is 9.61. The fourth-order valence-corrected chi connectivity index (χ4v) is 4.32. The van der Waals surface area contributed by atoms with Gasteiger partial charge in [0.05, 0.1) is 10.9 Å². The topological polar surface area (TPSA) is 87.2 Å². The van der Waals surface area contributed by atoms with E-state index in [4.69, 9.17) is 16.3 Å². The minimum absolute atomic E-state index is 0.193. The second kappa shape index (κ2) is 9.68. The number of carboxylic acid groups (broad SMARTS) is 1. The summed E-state index contributed by atoms with van der Waals surface area (Å²) in [5, 5.41) is 10.2. The maximum Gasteiger partial charge on any atom is 0.407 e. The molecule has 0 aromatic heterocycles. The number of amides is 1. The molecule has 3 rings (SSSR count). The zero-order valence-corrected chi connectivity index (χ0v) is 18.3. The Kier molecular flexibility index (Phi) is 7.23. The zero-order valence-electron chi connectivity index (χ0n) is 16.7. The molecular weight excluding hydrogens is 428 g/mol. The largest absolute Gasteiger partial charge is 0.491 e. The summed E-state index contributed by atoms with van der Waals surface area (Å²) < 4.78 is 28.9. The van der Waals surface area contributed by atoms with Crippen molar-refractivity contribution < 1.29 is 23.1 Å². The standard InChI is InChI=1S/C21H25ClN2O5S/c1-30(27,28)20-7-5-19(6-8-20)29-15-18-14-23(11-12-24(18)21(25)26)10-9-16-3-2-4-17(22)13-16/h2-8,13,18H,9-12,14-15H2,1H3,(H,25,26)/t18-/m0/s1. The Hall–Kier alpha value is -2.29. The molecule has 1 aliphatic rings. The maximum absolute atomic E-state index is 11.6. The molecular formula is C21H25ClN2O5S. The average Bonchev–Trinajstić information content (AvgIpc) is 2.70. The highest BCUT2D eigenvalue weighted by molar-refractivity contribution is 7.90. The van der Waals surface area contributed by atoms with Crippen molar-refractivity contribution in [2.75, 3.05) is 39.0 Å². The lowest BCUT2D eigenvalue weighted by atomic mass is 10.1. The van der Waals surface area contributed by atoms with E-state index in [0.717, 1.165) is 24.8 Å². The van der Waals surface area contributed by atoms with Crippen molar-refractivity contribution in [2.24, 2.45) is 0 Å². The number of halogens is 1. The van der Waals surface area contributed by atoms with Gasteiger partial charge in [-0.15, -0.1) is 0 Å². The van der Waals surface area contributed by atoms with Crippen LogP contribution in [-0.4, -0.2) is 74.5 Å². The third-order valence-corrected chi connectivity index (χ3v) is 6.48. The Balaban J connectivity index is 1.59. The fourth-order valence-electron chi connectivity index (χ4n) is 3.47. The third kappa shape index (κ3) is 6.10. The first-order valence-corrected chi connectivity index (χ1v) is 11.9. The number of hydrogen-bond donors (Lipinski definition) is 1. The number of benzene rings is 2. The van der Waals surface area contributed by atoms with Crippen LogP contribution in [0.2, 0.25) is 5.02 Å². The zero-order chi connectivity index (χ0) is 21.7. The van der Waals surface area contributed by atoms with E-state index in [0.29, 0.717) is 30.4 Å². The monoisotopic (exact) mass is 452 g/mol. The molecule has 9 heteroatoms. The molecule has 7 nitrogen and oxygen atoms in total. The van der Waals surface area contributed by atoms with Crippen LogP contribution < -0.4 is 4.74 Å². The highest BCUT2D eigenvalue weighted by atomic mass is 35.5. The van der Waals surface area contributed by atoms with Gasteiger partial charge in [-0.25, -0.2) is 13.2 Å². The predicted molar refractivity (Wildman–Crippen MR) is 115 cm³/mol. The molecule has 0 unspecified atom stereocenters. The van der Waals surface area contributed by atoms with Crippen LogP contribution in [-0.2, 0) is 16.3 Å². The van der Waals surface area contributed by atoms with E-state index in [9.17, 15) is 18.3 Å². The summed E-state index contributed by atoms with van der Waals surface area (Å²) in [7, 11) is -3.27. The van der Waals surface area contributed by atoms with Crippen molar-refractivity contribution >= 4 is 27.5 Å². The minimum Gasteiger partial charge on any atom is -0.491 e. The van der Waals surface area contributed by atoms with Crippen molar-refractivity contribution in [1.82, 2.24) is 9.80 Å². The summed E-state index contributed by atoms with van der Waals surface area (Å²) in [6.07, 6.45) is 1.01. The Bertz CT molecular complexity index is 981. The Labute approximate surface area is 181 Å². The Morgan fingerprint density at radius 1 is 1.20 bits per heavy atom. The van der Waals surface area contributed by atoms with E-state index in [1.165, 1.54) is 17.0 Å². The maximum atomic E-state index is 11.6. The van der Waals surface area contributed by atoms with Crippen molar-refractivity contribution in [3.8, 4) is 5.75 Å². The van der Waals surface area contributed by atoms with Gasteiger partial charge < -0.3 is 9.84 Å². The van der Waals surface area contributed by atoms with Crippen LogP contribution in [0, 0.1) is 0 Å². The molecule has 0 spiro atoms. The van der Waals surface area contributed by atoms with Gasteiger partial charge in [0.15, 0.2) is 9.84 Å². The number of ether oxygens (including phenoxy) is 1. The van der Waals surface area contributed by atoms with E-state index in [-0.39, 0.29) is 17.5 Å². The van der Waals surface area contributed by atoms with E-state index >= 15 is 0 Å². The van der Waals surface area contributed by atoms with Gasteiger partial charge in [-0.3, -0.25) is 9.80 Å². The van der Waals surface area contributed by atoms with Crippen LogP contribution in [0.3, 0.4) is 0 Å². The first kappa shape index (κ1) is 22.4. The summed E-state index contributed by atoms with van der Waals surface area (Å²) in [5.74, 6) is 0.504. The summed E-state index contributed by atoms with van der Waals surface area (Å²) >= 11 is 6.04. The van der Waals surface area contributed by atoms with Crippen molar-refractivity contribution in [1.29, 1.82) is 0 Å². The smallest absolute Gasteiger partial charge is 0.407 e. The number of carbonyl (C=O) groups is 1. The van der Waals surface area contributed by atoms with E-state index in [1.54, 1.807) is 12.1 Å². The molecule has 0 bridgehead atoms. The van der Waals surface area contributed by atoms with Gasteiger partial charge in [-0.1, -0.05) is 23.7 Å². The highest BCUT2D eigenvalue weighted by Crippen LogP contribution is 2.18. The van der Waals surface area contributed by atoms with Crippen LogP contribution in [0.5, 0.6) is 5.75 Å². The molecule has 1 N–H and O–H groups in total. The number of hydrogen-bond acceptors (Lipinski definition) is 5. The summed E-state index contributed by atoms with van der Waals surface area (Å²) in [4.78, 5) is 15.5. The molecule has 2 aromatic rings. The molecule has 1 amide bonds. The second-order valence-corrected chi connectivity index (χ2v) is 9.82. The summed E-state index contributed by atoms with van der Waals surface area (Å²) in [6, 6.07) is 13.6. The Morgan fingerprint density at radius 2 is 1.93 bits per heavy atom. The lowest BCUT2D eigenvalue weighted by Gasteiger charge is -2.39. The number of piperazine rings is 1. The third-order valence-electron chi connectivity index (χ3n) is 5.11. The molecule has 1 aliphatic heterocycles. The van der Waals surface area contributed by atoms with E-state index < -0.39 is 15.9 Å². The number of nitrogens with zero attached hydrogens (tertiary/aromatic N) is 2. The molecule has 30 heavy (non-hydrogen) atoms. The van der Waals surface area contributed by atoms with Gasteiger partial charge >= 0.3 is 6.09 Å². The Morgan fingerprint density at radius 3 is 2.57 bits per heavy atom. The second-order valence-electron chi connectivity index (χ2n) is 7.36. The number of rotatable bonds is 7. The van der Waals surface area contributed by atoms with E-state index in [2.05, 4.69) is 4.90 Å². The van der Waals surface area contributed by atoms with Crippen LogP contribution >= 0.6 is 11.6 Å². The molecule has 2 aromatic carbocycles. The molecule has 1 heterocycles. The minimum atomic E-state index is -3.27.